The zero-order valence-electron chi connectivity index (χ0n) is 17.5. The number of benzene rings is 1. The summed E-state index contributed by atoms with van der Waals surface area (Å²) in [6.07, 6.45) is 2.51. The van der Waals surface area contributed by atoms with Crippen LogP contribution < -0.4 is 15.4 Å². The second-order valence-corrected chi connectivity index (χ2v) is 7.88. The van der Waals surface area contributed by atoms with Gasteiger partial charge in [-0.3, -0.25) is 4.90 Å². The lowest BCUT2D eigenvalue weighted by Gasteiger charge is -2.30. The number of aliphatic imine (C=N–C) groups is 1. The first-order chi connectivity index (χ1) is 13.7. The number of ether oxygens (including phenoxy) is 1. The summed E-state index contributed by atoms with van der Waals surface area (Å²) in [7, 11) is 1.75. The highest BCUT2D eigenvalue weighted by Gasteiger charge is 2.26. The number of aryl methyl sites for hydroxylation is 1. The molecule has 1 aromatic heterocycles. The first kappa shape index (κ1) is 23.9. The van der Waals surface area contributed by atoms with Crippen molar-refractivity contribution in [2.45, 2.75) is 39.3 Å². The van der Waals surface area contributed by atoms with Gasteiger partial charge in [0.05, 0.1) is 30.9 Å². The van der Waals surface area contributed by atoms with Crippen LogP contribution >= 0.6 is 35.3 Å². The molecule has 29 heavy (non-hydrogen) atoms. The number of likely N-dealkylation sites (tertiary alicyclic amines) is 1. The van der Waals surface area contributed by atoms with Crippen molar-refractivity contribution in [2.75, 3.05) is 33.3 Å². The Labute approximate surface area is 195 Å². The summed E-state index contributed by atoms with van der Waals surface area (Å²) in [5.41, 5.74) is 4.17. The van der Waals surface area contributed by atoms with Gasteiger partial charge in [-0.15, -0.1) is 35.3 Å². The molecule has 0 aliphatic carbocycles. The van der Waals surface area contributed by atoms with Gasteiger partial charge in [-0.2, -0.15) is 0 Å². The molecule has 160 valence electrons. The van der Waals surface area contributed by atoms with E-state index in [9.17, 15) is 0 Å². The number of thiazole rings is 1. The highest BCUT2D eigenvalue weighted by Crippen LogP contribution is 2.31. The number of rotatable bonds is 8. The normalized spacial score (nSPS) is 15.6. The SMILES string of the molecule is CCNC(=NCc1scnc1C)NCC(c1ccccc1OC)N1CCCC1.I. The van der Waals surface area contributed by atoms with Gasteiger partial charge in [0.15, 0.2) is 5.96 Å². The third kappa shape index (κ3) is 6.55. The first-order valence-electron chi connectivity index (χ1n) is 10.0. The van der Waals surface area contributed by atoms with Crippen LogP contribution in [0.15, 0.2) is 34.8 Å². The molecule has 1 unspecified atom stereocenters. The van der Waals surface area contributed by atoms with Gasteiger partial charge >= 0.3 is 0 Å². The van der Waals surface area contributed by atoms with Crippen molar-refractivity contribution in [3.8, 4) is 5.75 Å². The first-order valence-corrected chi connectivity index (χ1v) is 10.9. The molecule has 0 saturated carbocycles. The van der Waals surface area contributed by atoms with E-state index in [1.165, 1.54) is 23.3 Å². The molecule has 2 heterocycles. The third-order valence-electron chi connectivity index (χ3n) is 5.11. The van der Waals surface area contributed by atoms with Crippen LogP contribution in [0.4, 0.5) is 0 Å². The Morgan fingerprint density at radius 2 is 2.03 bits per heavy atom. The minimum absolute atomic E-state index is 0. The van der Waals surface area contributed by atoms with Gasteiger partial charge in [0.25, 0.3) is 0 Å². The van der Waals surface area contributed by atoms with Crippen molar-refractivity contribution in [1.29, 1.82) is 0 Å². The smallest absolute Gasteiger partial charge is 0.191 e. The number of nitrogens with one attached hydrogen (secondary N) is 2. The maximum absolute atomic E-state index is 5.64. The fourth-order valence-corrected chi connectivity index (χ4v) is 4.30. The van der Waals surface area contributed by atoms with E-state index >= 15 is 0 Å². The number of guanidine groups is 1. The van der Waals surface area contributed by atoms with Crippen LogP contribution in [-0.4, -0.2) is 49.1 Å². The molecule has 1 saturated heterocycles. The zero-order valence-corrected chi connectivity index (χ0v) is 20.6. The predicted octanol–water partition coefficient (Wildman–Crippen LogP) is 3.97. The topological polar surface area (TPSA) is 61.8 Å². The molecule has 2 N–H and O–H groups in total. The average molecular weight is 529 g/mol. The van der Waals surface area contributed by atoms with Crippen LogP contribution in [0.1, 0.15) is 41.9 Å². The fourth-order valence-electron chi connectivity index (χ4n) is 3.59. The van der Waals surface area contributed by atoms with Crippen LogP contribution in [0.3, 0.4) is 0 Å². The molecule has 1 aromatic carbocycles. The Morgan fingerprint density at radius 1 is 1.28 bits per heavy atom. The molecular formula is C21H32IN5OS. The Hall–Kier alpha value is -1.39. The lowest BCUT2D eigenvalue weighted by Crippen LogP contribution is -2.42. The zero-order chi connectivity index (χ0) is 19.8. The summed E-state index contributed by atoms with van der Waals surface area (Å²) in [6, 6.07) is 8.60. The van der Waals surface area contributed by atoms with Gasteiger partial charge in [0, 0.05) is 23.5 Å². The van der Waals surface area contributed by atoms with Crippen LogP contribution in [0.5, 0.6) is 5.75 Å². The molecule has 3 rings (SSSR count). The van der Waals surface area contributed by atoms with Gasteiger partial charge in [-0.25, -0.2) is 9.98 Å². The lowest BCUT2D eigenvalue weighted by atomic mass is 10.0. The van der Waals surface area contributed by atoms with Crippen LogP contribution in [0.25, 0.3) is 0 Å². The largest absolute Gasteiger partial charge is 0.496 e. The van der Waals surface area contributed by atoms with Crippen molar-refractivity contribution < 1.29 is 4.74 Å². The molecule has 1 atom stereocenters. The molecule has 0 bridgehead atoms. The molecule has 6 nitrogen and oxygen atoms in total. The van der Waals surface area contributed by atoms with Crippen molar-refractivity contribution in [1.82, 2.24) is 20.5 Å². The van der Waals surface area contributed by atoms with E-state index in [1.807, 2.05) is 24.6 Å². The van der Waals surface area contributed by atoms with Crippen molar-refractivity contribution in [2.24, 2.45) is 4.99 Å². The van der Waals surface area contributed by atoms with Gasteiger partial charge < -0.3 is 15.4 Å². The van der Waals surface area contributed by atoms with Gasteiger partial charge in [0.1, 0.15) is 5.75 Å². The van der Waals surface area contributed by atoms with Crippen LogP contribution in [0, 0.1) is 6.92 Å². The highest BCUT2D eigenvalue weighted by atomic mass is 127. The van der Waals surface area contributed by atoms with Crippen molar-refractivity contribution in [3.63, 3.8) is 0 Å². The van der Waals surface area contributed by atoms with Crippen LogP contribution in [-0.2, 0) is 6.54 Å². The maximum atomic E-state index is 5.64. The van der Waals surface area contributed by atoms with Crippen molar-refractivity contribution >= 4 is 41.3 Å². The molecule has 0 amide bonds. The standard InChI is InChI=1S/C21H31N5OS.HI/c1-4-22-21(24-14-20-16(2)25-15-28-20)23-13-18(26-11-7-8-12-26)17-9-5-6-10-19(17)27-3;/h5-6,9-10,15,18H,4,7-8,11-14H2,1-3H3,(H2,22,23,24);1H. The van der Waals surface area contributed by atoms with Crippen LogP contribution in [0.2, 0.25) is 0 Å². The second-order valence-electron chi connectivity index (χ2n) is 6.94. The summed E-state index contributed by atoms with van der Waals surface area (Å²) in [5, 5.41) is 6.92. The monoisotopic (exact) mass is 529 g/mol. The predicted molar refractivity (Wildman–Crippen MR) is 132 cm³/mol. The van der Waals surface area contributed by atoms with E-state index in [-0.39, 0.29) is 30.0 Å². The van der Waals surface area contributed by atoms with E-state index in [0.29, 0.717) is 6.54 Å². The Morgan fingerprint density at radius 3 is 2.69 bits per heavy atom. The van der Waals surface area contributed by atoms with E-state index < -0.39 is 0 Å². The summed E-state index contributed by atoms with van der Waals surface area (Å²) >= 11 is 1.66. The van der Waals surface area contributed by atoms with Gasteiger partial charge in [0.2, 0.25) is 0 Å². The summed E-state index contributed by atoms with van der Waals surface area (Å²) in [6.45, 7) is 8.63. The summed E-state index contributed by atoms with van der Waals surface area (Å²) in [4.78, 5) is 12.8. The number of para-hydroxylation sites is 1. The highest BCUT2D eigenvalue weighted by molar-refractivity contribution is 14.0. The Balaban J connectivity index is 0.00000300. The molecule has 0 radical (unpaired) electrons. The summed E-state index contributed by atoms with van der Waals surface area (Å²) in [5.74, 6) is 1.79. The van der Waals surface area contributed by atoms with E-state index in [4.69, 9.17) is 9.73 Å². The minimum Gasteiger partial charge on any atom is -0.496 e. The maximum Gasteiger partial charge on any atom is 0.191 e. The molecule has 1 aliphatic heterocycles. The summed E-state index contributed by atoms with van der Waals surface area (Å²) < 4.78 is 5.64. The third-order valence-corrected chi connectivity index (χ3v) is 6.03. The second kappa shape index (κ2) is 12.3. The van der Waals surface area contributed by atoms with E-state index in [1.54, 1.807) is 18.4 Å². The quantitative estimate of drug-likeness (QED) is 0.308. The number of hydrogen-bond acceptors (Lipinski definition) is 5. The molecule has 0 spiro atoms. The molecule has 2 aromatic rings. The van der Waals surface area contributed by atoms with E-state index in [0.717, 1.165) is 43.6 Å². The number of halogens is 1. The fraction of sp³-hybridized carbons (Fsp3) is 0.524. The Kier molecular flexibility index (Phi) is 10.2. The molecule has 1 fully saturated rings. The molecular weight excluding hydrogens is 497 g/mol. The number of nitrogens with zero attached hydrogens (tertiary/aromatic N) is 3. The molecule has 8 heteroatoms. The Bertz CT molecular complexity index is 776. The number of methoxy groups -OCH3 is 1. The van der Waals surface area contributed by atoms with Crippen molar-refractivity contribution in [3.05, 3.63) is 45.9 Å². The molecule has 1 aliphatic rings. The van der Waals surface area contributed by atoms with E-state index in [2.05, 4.69) is 39.6 Å². The number of aromatic nitrogens is 1. The van der Waals surface area contributed by atoms with Gasteiger partial charge in [-0.1, -0.05) is 18.2 Å². The average Bonchev–Trinajstić information content (AvgIpc) is 3.38. The number of hydrogen-bond donors (Lipinski definition) is 2. The van der Waals surface area contributed by atoms with Gasteiger partial charge in [-0.05, 0) is 45.8 Å². The minimum atomic E-state index is 0. The lowest BCUT2D eigenvalue weighted by molar-refractivity contribution is 0.239.